The van der Waals surface area contributed by atoms with Gasteiger partial charge in [0.15, 0.2) is 18.1 Å². The number of ether oxygens (including phenoxy) is 2. The molecule has 4 rings (SSSR count). The van der Waals surface area contributed by atoms with E-state index in [9.17, 15) is 0 Å². The van der Waals surface area contributed by atoms with Crippen molar-refractivity contribution in [3.8, 4) is 11.5 Å². The number of rotatable bonds is 5. The highest BCUT2D eigenvalue weighted by molar-refractivity contribution is 5.85. The third-order valence-corrected chi connectivity index (χ3v) is 3.69. The maximum Gasteiger partial charge on any atom is 0.229 e. The molecule has 1 aliphatic carbocycles. The van der Waals surface area contributed by atoms with Gasteiger partial charge in [-0.05, 0) is 36.4 Å². The Kier molecular flexibility index (Phi) is 3.14. The van der Waals surface area contributed by atoms with Gasteiger partial charge in [-0.2, -0.15) is 4.98 Å². The molecule has 1 aliphatic rings. The standard InChI is InChI=1S/C16H15N3O3/c1-20-13-6-11-4-5-17-8-12(11)7-14(13)21-9-15-18-16(22-19-15)10-2-3-10/h4-8,10H,2-3,9H2,1H3. The van der Waals surface area contributed by atoms with E-state index in [0.717, 1.165) is 23.6 Å². The fraction of sp³-hybridized carbons (Fsp3) is 0.312. The summed E-state index contributed by atoms with van der Waals surface area (Å²) in [5.74, 6) is 3.02. The lowest BCUT2D eigenvalue weighted by Crippen LogP contribution is -2.00. The van der Waals surface area contributed by atoms with Gasteiger partial charge >= 0.3 is 0 Å². The van der Waals surface area contributed by atoms with E-state index < -0.39 is 0 Å². The number of methoxy groups -OCH3 is 1. The van der Waals surface area contributed by atoms with Crippen LogP contribution in [0.1, 0.15) is 30.5 Å². The van der Waals surface area contributed by atoms with E-state index in [4.69, 9.17) is 14.0 Å². The third kappa shape index (κ3) is 2.47. The molecular formula is C16H15N3O3. The molecule has 0 unspecified atom stereocenters. The Hall–Kier alpha value is -2.63. The van der Waals surface area contributed by atoms with Crippen molar-refractivity contribution in [2.75, 3.05) is 7.11 Å². The molecule has 1 saturated carbocycles. The lowest BCUT2D eigenvalue weighted by atomic mass is 10.1. The van der Waals surface area contributed by atoms with E-state index in [1.54, 1.807) is 19.5 Å². The Balaban J connectivity index is 1.56. The number of hydrogen-bond donors (Lipinski definition) is 0. The van der Waals surface area contributed by atoms with E-state index in [1.807, 2.05) is 18.2 Å². The fourth-order valence-electron chi connectivity index (χ4n) is 2.33. The molecule has 0 amide bonds. The highest BCUT2D eigenvalue weighted by atomic mass is 16.5. The molecule has 0 bridgehead atoms. The molecule has 6 nitrogen and oxygen atoms in total. The molecule has 0 aliphatic heterocycles. The summed E-state index contributed by atoms with van der Waals surface area (Å²) < 4.78 is 16.4. The first-order valence-electron chi connectivity index (χ1n) is 7.20. The minimum Gasteiger partial charge on any atom is -0.493 e. The Morgan fingerprint density at radius 3 is 2.91 bits per heavy atom. The lowest BCUT2D eigenvalue weighted by Gasteiger charge is -2.10. The quantitative estimate of drug-likeness (QED) is 0.720. The summed E-state index contributed by atoms with van der Waals surface area (Å²) in [7, 11) is 1.62. The zero-order valence-electron chi connectivity index (χ0n) is 12.2. The van der Waals surface area contributed by atoms with Gasteiger partial charge < -0.3 is 14.0 Å². The van der Waals surface area contributed by atoms with Crippen molar-refractivity contribution in [3.63, 3.8) is 0 Å². The van der Waals surface area contributed by atoms with Gasteiger partial charge in [0.2, 0.25) is 11.7 Å². The van der Waals surface area contributed by atoms with Crippen molar-refractivity contribution in [2.24, 2.45) is 0 Å². The molecule has 2 heterocycles. The first-order valence-corrected chi connectivity index (χ1v) is 7.20. The normalized spacial score (nSPS) is 14.2. The highest BCUT2D eigenvalue weighted by Gasteiger charge is 2.29. The predicted octanol–water partition coefficient (Wildman–Crippen LogP) is 3.08. The zero-order chi connectivity index (χ0) is 14.9. The molecule has 3 aromatic rings. The fourth-order valence-corrected chi connectivity index (χ4v) is 2.33. The molecule has 22 heavy (non-hydrogen) atoms. The van der Waals surface area contributed by atoms with Gasteiger partial charge in [-0.25, -0.2) is 0 Å². The van der Waals surface area contributed by atoms with Crippen LogP contribution in [0.4, 0.5) is 0 Å². The zero-order valence-corrected chi connectivity index (χ0v) is 12.2. The molecule has 0 spiro atoms. The number of fused-ring (bicyclic) bond motifs is 1. The van der Waals surface area contributed by atoms with Crippen molar-refractivity contribution < 1.29 is 14.0 Å². The summed E-state index contributed by atoms with van der Waals surface area (Å²) in [6.45, 7) is 0.248. The SMILES string of the molecule is COc1cc2ccncc2cc1OCc1noc(C2CC2)n1. The Morgan fingerprint density at radius 2 is 2.09 bits per heavy atom. The second-order valence-corrected chi connectivity index (χ2v) is 5.34. The first kappa shape index (κ1) is 13.1. The minimum atomic E-state index is 0.248. The predicted molar refractivity (Wildman–Crippen MR) is 78.9 cm³/mol. The average Bonchev–Trinajstić information content (AvgIpc) is 3.30. The van der Waals surface area contributed by atoms with E-state index in [-0.39, 0.29) is 6.61 Å². The number of nitrogens with zero attached hydrogens (tertiary/aromatic N) is 3. The van der Waals surface area contributed by atoms with Crippen LogP contribution in [0.25, 0.3) is 10.8 Å². The minimum absolute atomic E-state index is 0.248. The van der Waals surface area contributed by atoms with Crippen LogP contribution >= 0.6 is 0 Å². The van der Waals surface area contributed by atoms with Crippen LogP contribution in [-0.2, 0) is 6.61 Å². The summed E-state index contributed by atoms with van der Waals surface area (Å²) in [5, 5.41) is 5.99. The summed E-state index contributed by atoms with van der Waals surface area (Å²) >= 11 is 0. The van der Waals surface area contributed by atoms with E-state index in [0.29, 0.717) is 29.1 Å². The topological polar surface area (TPSA) is 70.3 Å². The molecule has 0 saturated heterocycles. The van der Waals surface area contributed by atoms with E-state index >= 15 is 0 Å². The van der Waals surface area contributed by atoms with Crippen molar-refractivity contribution in [1.29, 1.82) is 0 Å². The maximum absolute atomic E-state index is 5.80. The average molecular weight is 297 g/mol. The molecule has 2 aromatic heterocycles. The van der Waals surface area contributed by atoms with Gasteiger partial charge in [-0.3, -0.25) is 4.98 Å². The largest absolute Gasteiger partial charge is 0.493 e. The molecule has 0 radical (unpaired) electrons. The van der Waals surface area contributed by atoms with Crippen LogP contribution in [0, 0.1) is 0 Å². The maximum atomic E-state index is 5.80. The summed E-state index contributed by atoms with van der Waals surface area (Å²) in [6, 6.07) is 5.77. The summed E-state index contributed by atoms with van der Waals surface area (Å²) in [4.78, 5) is 8.47. The molecule has 1 aromatic carbocycles. The smallest absolute Gasteiger partial charge is 0.229 e. The van der Waals surface area contributed by atoms with E-state index in [2.05, 4.69) is 15.1 Å². The second-order valence-electron chi connectivity index (χ2n) is 5.34. The van der Waals surface area contributed by atoms with Crippen molar-refractivity contribution >= 4 is 10.8 Å². The number of aromatic nitrogens is 3. The van der Waals surface area contributed by atoms with Gasteiger partial charge in [0.1, 0.15) is 0 Å². The molecule has 112 valence electrons. The van der Waals surface area contributed by atoms with Gasteiger partial charge in [0.25, 0.3) is 0 Å². The first-order chi connectivity index (χ1) is 10.8. The number of benzene rings is 1. The van der Waals surface area contributed by atoms with Crippen molar-refractivity contribution in [2.45, 2.75) is 25.4 Å². The van der Waals surface area contributed by atoms with Crippen LogP contribution < -0.4 is 9.47 Å². The van der Waals surface area contributed by atoms with Crippen LogP contribution in [-0.4, -0.2) is 22.2 Å². The van der Waals surface area contributed by atoms with Gasteiger partial charge in [-0.15, -0.1) is 0 Å². The van der Waals surface area contributed by atoms with Crippen LogP contribution in [0.3, 0.4) is 0 Å². The van der Waals surface area contributed by atoms with Crippen molar-refractivity contribution in [1.82, 2.24) is 15.1 Å². The second kappa shape index (κ2) is 5.29. The molecule has 1 fully saturated rings. The van der Waals surface area contributed by atoms with Gasteiger partial charge in [-0.1, -0.05) is 5.16 Å². The van der Waals surface area contributed by atoms with Crippen LogP contribution in [0.2, 0.25) is 0 Å². The van der Waals surface area contributed by atoms with E-state index in [1.165, 1.54) is 0 Å². The van der Waals surface area contributed by atoms with Gasteiger partial charge in [0.05, 0.1) is 7.11 Å². The Morgan fingerprint density at radius 1 is 1.23 bits per heavy atom. The van der Waals surface area contributed by atoms with Gasteiger partial charge in [0, 0.05) is 23.7 Å². The monoisotopic (exact) mass is 297 g/mol. The van der Waals surface area contributed by atoms with Crippen LogP contribution in [0.5, 0.6) is 11.5 Å². The van der Waals surface area contributed by atoms with Crippen molar-refractivity contribution in [3.05, 3.63) is 42.3 Å². The molecule has 0 N–H and O–H groups in total. The van der Waals surface area contributed by atoms with Crippen LogP contribution in [0.15, 0.2) is 35.1 Å². The Labute approximate surface area is 127 Å². The third-order valence-electron chi connectivity index (χ3n) is 3.69. The Bertz CT molecular complexity index is 811. The highest BCUT2D eigenvalue weighted by Crippen LogP contribution is 2.39. The molecule has 0 atom stereocenters. The molecule has 6 heteroatoms. The molecular weight excluding hydrogens is 282 g/mol. The number of pyridine rings is 1. The summed E-state index contributed by atoms with van der Waals surface area (Å²) in [5.41, 5.74) is 0. The summed E-state index contributed by atoms with van der Waals surface area (Å²) in [6.07, 6.45) is 5.81. The lowest BCUT2D eigenvalue weighted by molar-refractivity contribution is 0.269. The number of hydrogen-bond acceptors (Lipinski definition) is 6.